The van der Waals surface area contributed by atoms with Gasteiger partial charge >= 0.3 is 0 Å². The quantitative estimate of drug-likeness (QED) is 0.547. The fraction of sp³-hybridized carbons (Fsp3) is 0.778. The smallest absolute Gasteiger partial charge is 0.164 e. The van der Waals surface area contributed by atoms with Crippen molar-refractivity contribution in [1.29, 1.82) is 0 Å². The van der Waals surface area contributed by atoms with Crippen molar-refractivity contribution >= 4 is 23.2 Å². The molecule has 1 nitrogen and oxygen atoms in total. The molecule has 0 heterocycles. The third-order valence-corrected chi connectivity index (χ3v) is 3.57. The molecule has 12 heavy (non-hydrogen) atoms. The number of alkyl halides is 2. The summed E-state index contributed by atoms with van der Waals surface area (Å²) >= 11 is 11.9. The molecule has 1 N–H and O–H groups in total. The van der Waals surface area contributed by atoms with E-state index in [9.17, 15) is 5.11 Å². The van der Waals surface area contributed by atoms with Crippen LogP contribution in [0.1, 0.15) is 32.1 Å². The second-order valence-electron chi connectivity index (χ2n) is 3.42. The molecule has 1 fully saturated rings. The Bertz CT molecular complexity index is 171. The van der Waals surface area contributed by atoms with Crippen LogP contribution >= 0.6 is 23.2 Å². The lowest BCUT2D eigenvalue weighted by atomic mass is 9.82. The van der Waals surface area contributed by atoms with E-state index in [0.29, 0.717) is 12.8 Å². The molecule has 0 spiro atoms. The van der Waals surface area contributed by atoms with Gasteiger partial charge in [0.15, 0.2) is 4.33 Å². The van der Waals surface area contributed by atoms with Crippen molar-refractivity contribution in [2.75, 3.05) is 0 Å². The van der Waals surface area contributed by atoms with Gasteiger partial charge in [0.25, 0.3) is 0 Å². The summed E-state index contributed by atoms with van der Waals surface area (Å²) in [6.07, 6.45) is 5.90. The minimum absolute atomic E-state index is 0.673. The first-order valence-corrected chi connectivity index (χ1v) is 5.01. The third-order valence-electron chi connectivity index (χ3n) is 2.56. The predicted molar refractivity (Wildman–Crippen MR) is 52.7 cm³/mol. The Morgan fingerprint density at radius 3 is 2.17 bits per heavy atom. The molecule has 0 saturated heterocycles. The average molecular weight is 209 g/mol. The van der Waals surface area contributed by atoms with Gasteiger partial charge in [-0.25, -0.2) is 0 Å². The molecular formula is C9H14Cl2O. The van der Waals surface area contributed by atoms with Gasteiger partial charge in [0, 0.05) is 0 Å². The predicted octanol–water partition coefficient (Wildman–Crippen LogP) is 3.04. The number of aliphatic hydroxyl groups is 1. The fourth-order valence-corrected chi connectivity index (χ4v) is 2.04. The van der Waals surface area contributed by atoms with Crippen molar-refractivity contribution in [3.05, 3.63) is 12.7 Å². The van der Waals surface area contributed by atoms with Crippen LogP contribution < -0.4 is 0 Å². The monoisotopic (exact) mass is 208 g/mol. The van der Waals surface area contributed by atoms with Crippen molar-refractivity contribution in [3.63, 3.8) is 0 Å². The minimum Gasteiger partial charge on any atom is -0.386 e. The van der Waals surface area contributed by atoms with Crippen molar-refractivity contribution in [2.45, 2.75) is 42.0 Å². The van der Waals surface area contributed by atoms with Crippen LogP contribution in [0, 0.1) is 0 Å². The van der Waals surface area contributed by atoms with Gasteiger partial charge in [-0.05, 0) is 12.8 Å². The minimum atomic E-state index is -1.19. The molecule has 1 aliphatic rings. The standard InChI is InChI=1S/C9H14Cl2O/c1-2-9(10,11)8(12)6-4-3-5-7-8/h2,12H,1,3-7H2. The maximum absolute atomic E-state index is 10.1. The summed E-state index contributed by atoms with van der Waals surface area (Å²) in [4.78, 5) is 0. The molecule has 0 amide bonds. The summed E-state index contributed by atoms with van der Waals surface area (Å²) in [5.41, 5.74) is -0.962. The summed E-state index contributed by atoms with van der Waals surface area (Å²) in [6, 6.07) is 0. The SMILES string of the molecule is C=CC(Cl)(Cl)C1(O)CCCCC1. The summed E-state index contributed by atoms with van der Waals surface area (Å²) in [5.74, 6) is 0. The summed E-state index contributed by atoms with van der Waals surface area (Å²) < 4.78 is -1.19. The number of rotatable bonds is 2. The molecule has 0 unspecified atom stereocenters. The van der Waals surface area contributed by atoms with Crippen LogP contribution in [0.5, 0.6) is 0 Å². The number of hydrogen-bond donors (Lipinski definition) is 1. The van der Waals surface area contributed by atoms with E-state index in [2.05, 4.69) is 6.58 Å². The van der Waals surface area contributed by atoms with Crippen molar-refractivity contribution in [3.8, 4) is 0 Å². The lowest BCUT2D eigenvalue weighted by Crippen LogP contribution is -2.46. The van der Waals surface area contributed by atoms with Gasteiger partial charge in [-0.1, -0.05) is 48.5 Å². The van der Waals surface area contributed by atoms with Gasteiger partial charge in [0.2, 0.25) is 0 Å². The lowest BCUT2D eigenvalue weighted by Gasteiger charge is -2.39. The highest BCUT2D eigenvalue weighted by molar-refractivity contribution is 6.50. The van der Waals surface area contributed by atoms with Gasteiger partial charge < -0.3 is 5.11 Å². The normalized spacial score (nSPS) is 23.6. The first-order valence-electron chi connectivity index (χ1n) is 4.26. The van der Waals surface area contributed by atoms with E-state index < -0.39 is 9.93 Å². The second kappa shape index (κ2) is 3.57. The Kier molecular flexibility index (Phi) is 3.08. The molecule has 0 radical (unpaired) electrons. The van der Waals surface area contributed by atoms with Crippen molar-refractivity contribution in [1.82, 2.24) is 0 Å². The van der Waals surface area contributed by atoms with Crippen LogP contribution in [-0.2, 0) is 0 Å². The van der Waals surface area contributed by atoms with Gasteiger partial charge in [0.05, 0.1) is 0 Å². The van der Waals surface area contributed by atoms with Crippen molar-refractivity contribution in [2.24, 2.45) is 0 Å². The molecule has 1 rings (SSSR count). The van der Waals surface area contributed by atoms with Crippen LogP contribution in [0.25, 0.3) is 0 Å². The first-order chi connectivity index (χ1) is 5.52. The van der Waals surface area contributed by atoms with E-state index in [4.69, 9.17) is 23.2 Å². The maximum Gasteiger partial charge on any atom is 0.164 e. The lowest BCUT2D eigenvalue weighted by molar-refractivity contribution is -0.0000460. The highest BCUT2D eigenvalue weighted by atomic mass is 35.5. The zero-order chi connectivity index (χ0) is 9.24. The molecule has 0 aromatic carbocycles. The summed E-state index contributed by atoms with van der Waals surface area (Å²) in [6.45, 7) is 3.53. The van der Waals surface area contributed by atoms with Gasteiger partial charge in [-0.3, -0.25) is 0 Å². The van der Waals surface area contributed by atoms with Gasteiger partial charge in [0.1, 0.15) is 5.60 Å². The Morgan fingerprint density at radius 2 is 1.75 bits per heavy atom. The molecule has 0 atom stereocenters. The van der Waals surface area contributed by atoms with Crippen LogP contribution in [-0.4, -0.2) is 15.0 Å². The van der Waals surface area contributed by atoms with E-state index in [1.54, 1.807) is 0 Å². The summed E-state index contributed by atoms with van der Waals surface area (Å²) in [7, 11) is 0. The largest absolute Gasteiger partial charge is 0.386 e. The number of halogens is 2. The van der Waals surface area contributed by atoms with Crippen LogP contribution in [0.2, 0.25) is 0 Å². The molecule has 0 aromatic heterocycles. The molecule has 1 saturated carbocycles. The topological polar surface area (TPSA) is 20.2 Å². The Labute approximate surface area is 83.4 Å². The molecule has 1 aliphatic carbocycles. The Balaban J connectivity index is 2.74. The molecular weight excluding hydrogens is 195 g/mol. The van der Waals surface area contributed by atoms with E-state index in [1.165, 1.54) is 6.08 Å². The zero-order valence-electron chi connectivity index (χ0n) is 7.02. The first kappa shape index (κ1) is 10.4. The van der Waals surface area contributed by atoms with E-state index in [0.717, 1.165) is 19.3 Å². The highest BCUT2D eigenvalue weighted by Gasteiger charge is 2.46. The highest BCUT2D eigenvalue weighted by Crippen LogP contribution is 2.44. The third kappa shape index (κ3) is 1.78. The molecule has 0 bridgehead atoms. The van der Waals surface area contributed by atoms with Crippen molar-refractivity contribution < 1.29 is 5.11 Å². The number of hydrogen-bond acceptors (Lipinski definition) is 1. The van der Waals surface area contributed by atoms with Crippen LogP contribution in [0.3, 0.4) is 0 Å². The van der Waals surface area contributed by atoms with E-state index in [1.807, 2.05) is 0 Å². The zero-order valence-corrected chi connectivity index (χ0v) is 8.53. The van der Waals surface area contributed by atoms with Crippen LogP contribution in [0.15, 0.2) is 12.7 Å². The average Bonchev–Trinajstić information content (AvgIpc) is 2.06. The molecule has 3 heteroatoms. The van der Waals surface area contributed by atoms with Gasteiger partial charge in [-0.15, -0.1) is 6.58 Å². The van der Waals surface area contributed by atoms with Gasteiger partial charge in [-0.2, -0.15) is 0 Å². The van der Waals surface area contributed by atoms with E-state index in [-0.39, 0.29) is 0 Å². The summed E-state index contributed by atoms with van der Waals surface area (Å²) in [5, 5.41) is 10.1. The fourth-order valence-electron chi connectivity index (χ4n) is 1.66. The van der Waals surface area contributed by atoms with E-state index >= 15 is 0 Å². The Hall–Kier alpha value is 0.280. The molecule has 70 valence electrons. The maximum atomic E-state index is 10.1. The second-order valence-corrected chi connectivity index (χ2v) is 4.81. The molecule has 0 aliphatic heterocycles. The molecule has 0 aromatic rings. The Morgan fingerprint density at radius 1 is 1.25 bits per heavy atom. The van der Waals surface area contributed by atoms with Crippen LogP contribution in [0.4, 0.5) is 0 Å².